The van der Waals surface area contributed by atoms with E-state index in [1.807, 2.05) is 20.8 Å². The number of rotatable bonds is 11. The number of hydrogen-bond donors (Lipinski definition) is 5. The monoisotopic (exact) mass is 359 g/mol. The Labute approximate surface area is 147 Å². The second-order valence-corrected chi connectivity index (χ2v) is 6.61. The first-order chi connectivity index (χ1) is 11.5. The van der Waals surface area contributed by atoms with Gasteiger partial charge in [-0.3, -0.25) is 14.4 Å². The maximum absolute atomic E-state index is 12.5. The summed E-state index contributed by atoms with van der Waals surface area (Å²) < 4.78 is 0. The SMILES string of the molecule is CC[C@H](C)[C@H](NC(=O)[C@@H](N)CC(=O)O)C(=O)N[C@@H](CC(C)C)C(=O)O. The Balaban J connectivity index is 5.12. The summed E-state index contributed by atoms with van der Waals surface area (Å²) >= 11 is 0. The zero-order chi connectivity index (χ0) is 19.7. The Bertz CT molecular complexity index is 494. The molecule has 25 heavy (non-hydrogen) atoms. The van der Waals surface area contributed by atoms with Crippen LogP contribution in [0.5, 0.6) is 0 Å². The van der Waals surface area contributed by atoms with Crippen molar-refractivity contribution in [2.75, 3.05) is 0 Å². The molecule has 0 heterocycles. The molecule has 0 aliphatic carbocycles. The van der Waals surface area contributed by atoms with E-state index >= 15 is 0 Å². The zero-order valence-corrected chi connectivity index (χ0v) is 15.1. The highest BCUT2D eigenvalue weighted by atomic mass is 16.4. The molecule has 2 amide bonds. The lowest BCUT2D eigenvalue weighted by atomic mass is 9.96. The van der Waals surface area contributed by atoms with E-state index in [1.165, 1.54) is 0 Å². The molecule has 0 aliphatic rings. The normalized spacial score (nSPS) is 15.8. The molecule has 0 aliphatic heterocycles. The third-order valence-corrected chi connectivity index (χ3v) is 3.85. The van der Waals surface area contributed by atoms with E-state index < -0.39 is 48.3 Å². The van der Waals surface area contributed by atoms with Gasteiger partial charge in [0.1, 0.15) is 12.1 Å². The molecule has 0 aromatic carbocycles. The fourth-order valence-electron chi connectivity index (χ4n) is 2.20. The zero-order valence-electron chi connectivity index (χ0n) is 15.1. The van der Waals surface area contributed by atoms with E-state index in [2.05, 4.69) is 10.6 Å². The molecule has 0 rings (SSSR count). The van der Waals surface area contributed by atoms with Crippen molar-refractivity contribution in [2.45, 2.75) is 65.1 Å². The highest BCUT2D eigenvalue weighted by Gasteiger charge is 2.31. The van der Waals surface area contributed by atoms with Crippen molar-refractivity contribution in [1.82, 2.24) is 10.6 Å². The Kier molecular flexibility index (Phi) is 9.73. The van der Waals surface area contributed by atoms with Crippen LogP contribution in [0.1, 0.15) is 47.0 Å². The van der Waals surface area contributed by atoms with E-state index in [4.69, 9.17) is 10.8 Å². The quantitative estimate of drug-likeness (QED) is 0.345. The number of nitrogens with one attached hydrogen (secondary N) is 2. The van der Waals surface area contributed by atoms with Crippen molar-refractivity contribution in [3.63, 3.8) is 0 Å². The smallest absolute Gasteiger partial charge is 0.326 e. The van der Waals surface area contributed by atoms with Crippen LogP contribution in [0.15, 0.2) is 0 Å². The average molecular weight is 359 g/mol. The Morgan fingerprint density at radius 3 is 1.96 bits per heavy atom. The molecule has 4 atom stereocenters. The van der Waals surface area contributed by atoms with E-state index in [9.17, 15) is 24.3 Å². The molecular weight excluding hydrogens is 330 g/mol. The number of nitrogens with two attached hydrogens (primary N) is 1. The summed E-state index contributed by atoms with van der Waals surface area (Å²) in [5.74, 6) is -4.00. The van der Waals surface area contributed by atoms with Crippen molar-refractivity contribution >= 4 is 23.8 Å². The predicted octanol–water partition coefficient (Wildman–Crippen LogP) is -0.0652. The molecule has 0 aromatic rings. The Morgan fingerprint density at radius 1 is 1.00 bits per heavy atom. The topological polar surface area (TPSA) is 159 Å². The molecule has 0 unspecified atom stereocenters. The van der Waals surface area contributed by atoms with Crippen LogP contribution in [0.3, 0.4) is 0 Å². The fraction of sp³-hybridized carbons (Fsp3) is 0.750. The third kappa shape index (κ3) is 8.48. The molecule has 0 fully saturated rings. The van der Waals surface area contributed by atoms with Crippen LogP contribution in [0.25, 0.3) is 0 Å². The molecule has 6 N–H and O–H groups in total. The molecule has 9 heteroatoms. The fourth-order valence-corrected chi connectivity index (χ4v) is 2.20. The van der Waals surface area contributed by atoms with Gasteiger partial charge in [0, 0.05) is 0 Å². The lowest BCUT2D eigenvalue weighted by Crippen LogP contribution is -2.57. The first-order valence-electron chi connectivity index (χ1n) is 8.30. The summed E-state index contributed by atoms with van der Waals surface area (Å²) in [6.07, 6.45) is 0.237. The maximum atomic E-state index is 12.5. The van der Waals surface area contributed by atoms with Crippen LogP contribution in [0.4, 0.5) is 0 Å². The Hall–Kier alpha value is -2.16. The highest BCUT2D eigenvalue weighted by Crippen LogP contribution is 2.11. The van der Waals surface area contributed by atoms with Gasteiger partial charge in [-0.2, -0.15) is 0 Å². The van der Waals surface area contributed by atoms with E-state index in [0.29, 0.717) is 6.42 Å². The van der Waals surface area contributed by atoms with Crippen LogP contribution in [-0.4, -0.2) is 52.1 Å². The van der Waals surface area contributed by atoms with Crippen molar-refractivity contribution < 1.29 is 29.4 Å². The van der Waals surface area contributed by atoms with Crippen LogP contribution in [-0.2, 0) is 19.2 Å². The van der Waals surface area contributed by atoms with Gasteiger partial charge in [0.25, 0.3) is 0 Å². The minimum absolute atomic E-state index is 0.0574. The highest BCUT2D eigenvalue weighted by molar-refractivity contribution is 5.93. The molecule has 9 nitrogen and oxygen atoms in total. The molecule has 0 saturated carbocycles. The van der Waals surface area contributed by atoms with Gasteiger partial charge >= 0.3 is 11.9 Å². The molecule has 0 aromatic heterocycles. The van der Waals surface area contributed by atoms with Gasteiger partial charge in [0.05, 0.1) is 12.5 Å². The second kappa shape index (κ2) is 10.7. The van der Waals surface area contributed by atoms with Gasteiger partial charge in [-0.05, 0) is 18.3 Å². The summed E-state index contributed by atoms with van der Waals surface area (Å²) in [6.45, 7) is 7.21. The lowest BCUT2D eigenvalue weighted by molar-refractivity contribution is -0.143. The van der Waals surface area contributed by atoms with Crippen molar-refractivity contribution in [3.05, 3.63) is 0 Å². The van der Waals surface area contributed by atoms with Crippen LogP contribution in [0, 0.1) is 11.8 Å². The lowest BCUT2D eigenvalue weighted by Gasteiger charge is -2.26. The standard InChI is InChI=1S/C16H29N3O6/c1-5-9(4)13(19-14(22)10(17)7-12(20)21)15(23)18-11(16(24)25)6-8(2)3/h8-11,13H,5-7,17H2,1-4H3,(H,18,23)(H,19,22)(H,20,21)(H,24,25)/t9-,10-,11-,13-/m0/s1. The van der Waals surface area contributed by atoms with E-state index in [-0.39, 0.29) is 18.3 Å². The summed E-state index contributed by atoms with van der Waals surface area (Å²) in [7, 11) is 0. The van der Waals surface area contributed by atoms with E-state index in [0.717, 1.165) is 0 Å². The number of carbonyl (C=O) groups is 4. The molecule has 0 spiro atoms. The summed E-state index contributed by atoms with van der Waals surface area (Å²) in [6, 6.07) is -3.35. The van der Waals surface area contributed by atoms with Gasteiger partial charge in [-0.15, -0.1) is 0 Å². The van der Waals surface area contributed by atoms with Crippen LogP contribution in [0.2, 0.25) is 0 Å². The molecule has 0 bridgehead atoms. The van der Waals surface area contributed by atoms with Crippen LogP contribution < -0.4 is 16.4 Å². The molecule has 0 saturated heterocycles. The van der Waals surface area contributed by atoms with E-state index in [1.54, 1.807) is 6.92 Å². The number of aliphatic carboxylic acids is 2. The minimum Gasteiger partial charge on any atom is -0.481 e. The van der Waals surface area contributed by atoms with Gasteiger partial charge < -0.3 is 26.6 Å². The number of hydrogen-bond acceptors (Lipinski definition) is 5. The second-order valence-electron chi connectivity index (χ2n) is 6.61. The van der Waals surface area contributed by atoms with Gasteiger partial charge in [0.2, 0.25) is 11.8 Å². The minimum atomic E-state index is -1.29. The van der Waals surface area contributed by atoms with Crippen molar-refractivity contribution in [1.29, 1.82) is 0 Å². The van der Waals surface area contributed by atoms with Gasteiger partial charge in [-0.25, -0.2) is 4.79 Å². The average Bonchev–Trinajstić information content (AvgIpc) is 2.49. The number of carboxylic acids is 2. The first kappa shape index (κ1) is 22.8. The maximum Gasteiger partial charge on any atom is 0.326 e. The molecule has 144 valence electrons. The summed E-state index contributed by atoms with van der Waals surface area (Å²) in [5, 5.41) is 22.8. The van der Waals surface area contributed by atoms with Crippen molar-refractivity contribution in [3.8, 4) is 0 Å². The number of carbonyl (C=O) groups excluding carboxylic acids is 2. The number of amides is 2. The van der Waals surface area contributed by atoms with Gasteiger partial charge in [-0.1, -0.05) is 34.1 Å². The first-order valence-corrected chi connectivity index (χ1v) is 8.30. The largest absolute Gasteiger partial charge is 0.481 e. The summed E-state index contributed by atoms with van der Waals surface area (Å²) in [5.41, 5.74) is 5.50. The van der Waals surface area contributed by atoms with Gasteiger partial charge in [0.15, 0.2) is 0 Å². The van der Waals surface area contributed by atoms with Crippen LogP contribution >= 0.6 is 0 Å². The third-order valence-electron chi connectivity index (χ3n) is 3.85. The Morgan fingerprint density at radius 2 is 1.56 bits per heavy atom. The number of carboxylic acid groups (broad SMARTS) is 2. The molecule has 0 radical (unpaired) electrons. The molecular formula is C16H29N3O6. The summed E-state index contributed by atoms with van der Waals surface area (Å²) in [4.78, 5) is 46.4. The van der Waals surface area contributed by atoms with Crippen molar-refractivity contribution in [2.24, 2.45) is 17.6 Å². The predicted molar refractivity (Wildman–Crippen MR) is 90.6 cm³/mol.